The van der Waals surface area contributed by atoms with Crippen LogP contribution in [0.2, 0.25) is 0 Å². The Labute approximate surface area is 191 Å². The molecule has 0 unspecified atom stereocenters. The fraction of sp³-hybridized carbons (Fsp3) is 0.409. The summed E-state index contributed by atoms with van der Waals surface area (Å²) < 4.78 is 22.8. The minimum absolute atomic E-state index is 0. The van der Waals surface area contributed by atoms with Gasteiger partial charge in [-0.15, -0.1) is 24.0 Å². The van der Waals surface area contributed by atoms with Gasteiger partial charge in [0.05, 0.1) is 12.3 Å². The largest absolute Gasteiger partial charge is 0.357 e. The van der Waals surface area contributed by atoms with Gasteiger partial charge in [0.15, 0.2) is 15.8 Å². The van der Waals surface area contributed by atoms with E-state index in [1.807, 2.05) is 24.3 Å². The maximum atomic E-state index is 11.4. The topological polar surface area (TPSA) is 70.6 Å². The predicted octanol–water partition coefficient (Wildman–Crippen LogP) is 3.64. The predicted molar refractivity (Wildman–Crippen MR) is 131 cm³/mol. The maximum absolute atomic E-state index is 11.4. The van der Waals surface area contributed by atoms with Crippen LogP contribution in [0.1, 0.15) is 36.5 Å². The molecule has 7 heteroatoms. The summed E-state index contributed by atoms with van der Waals surface area (Å²) in [5.41, 5.74) is 3.47. The smallest absolute Gasteiger partial charge is 0.191 e. The number of hydrogen-bond acceptors (Lipinski definition) is 3. The first kappa shape index (κ1) is 23.7. The van der Waals surface area contributed by atoms with Gasteiger partial charge in [0.2, 0.25) is 0 Å². The summed E-state index contributed by atoms with van der Waals surface area (Å²) in [6.07, 6.45) is 3.65. The van der Waals surface area contributed by atoms with Gasteiger partial charge in [0.25, 0.3) is 0 Å². The minimum Gasteiger partial charge on any atom is -0.357 e. The second-order valence-corrected chi connectivity index (χ2v) is 9.72. The first-order chi connectivity index (χ1) is 13.4. The van der Waals surface area contributed by atoms with Gasteiger partial charge in [0.1, 0.15) is 0 Å². The molecule has 0 saturated heterocycles. The van der Waals surface area contributed by atoms with Crippen LogP contribution in [0.25, 0.3) is 0 Å². The van der Waals surface area contributed by atoms with Crippen LogP contribution in [0, 0.1) is 0 Å². The maximum Gasteiger partial charge on any atom is 0.191 e. The third-order valence-electron chi connectivity index (χ3n) is 5.05. The molecule has 2 N–H and O–H groups in total. The van der Waals surface area contributed by atoms with E-state index < -0.39 is 9.84 Å². The number of benzene rings is 2. The van der Waals surface area contributed by atoms with Gasteiger partial charge < -0.3 is 10.6 Å². The minimum atomic E-state index is -3.01. The average Bonchev–Trinajstić information content (AvgIpc) is 3.46. The molecule has 0 spiro atoms. The molecule has 1 saturated carbocycles. The van der Waals surface area contributed by atoms with Gasteiger partial charge in [-0.2, -0.15) is 0 Å². The Morgan fingerprint density at radius 1 is 1.00 bits per heavy atom. The van der Waals surface area contributed by atoms with Crippen molar-refractivity contribution in [2.75, 3.05) is 19.3 Å². The molecule has 0 radical (unpaired) electrons. The van der Waals surface area contributed by atoms with Crippen molar-refractivity contribution in [1.29, 1.82) is 0 Å². The Bertz CT molecular complexity index is 909. The molecule has 0 atom stereocenters. The summed E-state index contributed by atoms with van der Waals surface area (Å²) in [4.78, 5) is 4.69. The lowest BCUT2D eigenvalue weighted by Gasteiger charge is -2.19. The number of rotatable bonds is 8. The molecule has 0 bridgehead atoms. The highest BCUT2D eigenvalue weighted by Crippen LogP contribution is 2.47. The summed E-state index contributed by atoms with van der Waals surface area (Å²) in [7, 11) is -3.01. The normalized spacial score (nSPS) is 15.3. The van der Waals surface area contributed by atoms with Crippen molar-refractivity contribution in [1.82, 2.24) is 10.6 Å². The molecule has 0 heterocycles. The summed E-state index contributed by atoms with van der Waals surface area (Å²) in [5.74, 6) is 0.882. The molecule has 5 nitrogen and oxygen atoms in total. The van der Waals surface area contributed by atoms with Crippen LogP contribution in [0.3, 0.4) is 0 Å². The van der Waals surface area contributed by atoms with E-state index in [2.05, 4.69) is 52.9 Å². The fourth-order valence-electron chi connectivity index (χ4n) is 3.32. The first-order valence-electron chi connectivity index (χ1n) is 9.73. The molecule has 1 fully saturated rings. The molecular formula is C22H30IN3O2S. The number of nitrogens with one attached hydrogen (secondary N) is 2. The van der Waals surface area contributed by atoms with Crippen LogP contribution in [0.4, 0.5) is 0 Å². The number of halogens is 1. The van der Waals surface area contributed by atoms with Crippen molar-refractivity contribution >= 4 is 39.8 Å². The van der Waals surface area contributed by atoms with E-state index >= 15 is 0 Å². The van der Waals surface area contributed by atoms with Gasteiger partial charge >= 0.3 is 0 Å². The Kier molecular flexibility index (Phi) is 8.51. The van der Waals surface area contributed by atoms with E-state index in [-0.39, 0.29) is 35.1 Å². The summed E-state index contributed by atoms with van der Waals surface area (Å²) in [5, 5.41) is 6.80. The van der Waals surface area contributed by atoms with E-state index in [1.165, 1.54) is 24.7 Å². The van der Waals surface area contributed by atoms with Crippen molar-refractivity contribution < 1.29 is 8.42 Å². The number of sulfone groups is 1. The van der Waals surface area contributed by atoms with Crippen molar-refractivity contribution in [3.63, 3.8) is 0 Å². The second kappa shape index (κ2) is 10.4. The zero-order chi connectivity index (χ0) is 20.0. The Morgan fingerprint density at radius 3 is 2.17 bits per heavy atom. The molecule has 158 valence electrons. The summed E-state index contributed by atoms with van der Waals surface area (Å²) in [6.45, 7) is 4.28. The molecule has 2 aromatic carbocycles. The van der Waals surface area contributed by atoms with Crippen LogP contribution in [-0.4, -0.2) is 33.7 Å². The van der Waals surface area contributed by atoms with Crippen LogP contribution < -0.4 is 10.6 Å². The monoisotopic (exact) mass is 527 g/mol. The van der Waals surface area contributed by atoms with Crippen molar-refractivity contribution in [2.45, 2.75) is 37.5 Å². The van der Waals surface area contributed by atoms with Gasteiger partial charge in [-0.05, 0) is 36.5 Å². The molecule has 1 aliphatic rings. The van der Waals surface area contributed by atoms with Gasteiger partial charge in [-0.25, -0.2) is 13.4 Å². The highest BCUT2D eigenvalue weighted by molar-refractivity contribution is 14.0. The first-order valence-corrected chi connectivity index (χ1v) is 11.8. The Hall–Kier alpha value is -1.61. The summed E-state index contributed by atoms with van der Waals surface area (Å²) >= 11 is 0. The molecule has 0 aromatic heterocycles. The standard InChI is InChI=1S/C22H29N3O2S.HI/c1-3-23-21(25-17-22(13-14-22)20-7-5-4-6-8-20)24-15-18-9-11-19(12-10-18)16-28(2,26)27;/h4-12H,3,13-17H2,1-2H3,(H2,23,24,25);1H. The van der Waals surface area contributed by atoms with E-state index in [0.717, 1.165) is 30.2 Å². The number of guanidine groups is 1. The zero-order valence-electron chi connectivity index (χ0n) is 17.0. The Morgan fingerprint density at radius 2 is 1.62 bits per heavy atom. The quantitative estimate of drug-likeness (QED) is 0.313. The van der Waals surface area contributed by atoms with E-state index in [0.29, 0.717) is 6.54 Å². The lowest BCUT2D eigenvalue weighted by atomic mass is 9.96. The number of aliphatic imine (C=N–C) groups is 1. The van der Waals surface area contributed by atoms with Crippen LogP contribution in [-0.2, 0) is 27.5 Å². The van der Waals surface area contributed by atoms with Crippen molar-refractivity contribution in [3.8, 4) is 0 Å². The lowest BCUT2D eigenvalue weighted by Crippen LogP contribution is -2.41. The fourth-order valence-corrected chi connectivity index (χ4v) is 4.12. The van der Waals surface area contributed by atoms with Gasteiger partial charge in [-0.1, -0.05) is 54.6 Å². The SMILES string of the molecule is CCNC(=NCc1ccc(CS(C)(=O)=O)cc1)NCC1(c2ccccc2)CC1.I. The molecule has 0 amide bonds. The van der Waals surface area contributed by atoms with Crippen LogP contribution >= 0.6 is 24.0 Å². The summed E-state index contributed by atoms with van der Waals surface area (Å²) in [6, 6.07) is 18.3. The third-order valence-corrected chi connectivity index (χ3v) is 5.91. The molecule has 1 aliphatic carbocycles. The third kappa shape index (κ3) is 7.29. The second-order valence-electron chi connectivity index (χ2n) is 7.58. The van der Waals surface area contributed by atoms with Gasteiger partial charge in [0, 0.05) is 24.8 Å². The van der Waals surface area contributed by atoms with Crippen LogP contribution in [0.15, 0.2) is 59.6 Å². The lowest BCUT2D eigenvalue weighted by molar-refractivity contribution is 0.601. The highest BCUT2D eigenvalue weighted by Gasteiger charge is 2.43. The van der Waals surface area contributed by atoms with Crippen LogP contribution in [0.5, 0.6) is 0 Å². The van der Waals surface area contributed by atoms with Crippen molar-refractivity contribution in [3.05, 3.63) is 71.3 Å². The molecule has 3 rings (SSSR count). The van der Waals surface area contributed by atoms with Crippen molar-refractivity contribution in [2.24, 2.45) is 4.99 Å². The number of hydrogen-bond donors (Lipinski definition) is 2. The molecule has 0 aliphatic heterocycles. The van der Waals surface area contributed by atoms with Gasteiger partial charge in [-0.3, -0.25) is 0 Å². The highest BCUT2D eigenvalue weighted by atomic mass is 127. The zero-order valence-corrected chi connectivity index (χ0v) is 20.2. The average molecular weight is 527 g/mol. The Balaban J connectivity index is 0.00000300. The number of nitrogens with zero attached hydrogens (tertiary/aromatic N) is 1. The molecular weight excluding hydrogens is 497 g/mol. The van der Waals surface area contributed by atoms with E-state index in [9.17, 15) is 8.42 Å². The van der Waals surface area contributed by atoms with E-state index in [1.54, 1.807) is 0 Å². The van der Waals surface area contributed by atoms with E-state index in [4.69, 9.17) is 0 Å². The molecule has 2 aromatic rings. The molecule has 29 heavy (non-hydrogen) atoms.